The smallest absolute Gasteiger partial charge is 0.128 e. The van der Waals surface area contributed by atoms with Crippen molar-refractivity contribution in [2.75, 3.05) is 6.61 Å². The Morgan fingerprint density at radius 3 is 2.59 bits per heavy atom. The van der Waals surface area contributed by atoms with Crippen molar-refractivity contribution in [1.82, 2.24) is 9.78 Å². The highest BCUT2D eigenvalue weighted by Gasteiger charge is 2.04. The Bertz CT molecular complexity index is 529. The van der Waals surface area contributed by atoms with Gasteiger partial charge in [-0.2, -0.15) is 5.10 Å². The molecule has 0 radical (unpaired) electrons. The van der Waals surface area contributed by atoms with E-state index in [1.165, 1.54) is 0 Å². The molecule has 1 heterocycles. The van der Waals surface area contributed by atoms with Gasteiger partial charge in [-0.1, -0.05) is 24.3 Å². The van der Waals surface area contributed by atoms with Crippen LogP contribution in [0, 0.1) is 0 Å². The van der Waals surface area contributed by atoms with Gasteiger partial charge in [0.1, 0.15) is 5.83 Å². The van der Waals surface area contributed by atoms with E-state index in [2.05, 4.69) is 5.10 Å². The Hall–Kier alpha value is -1.94. The molecular weight excluding hydrogens is 219 g/mol. The van der Waals surface area contributed by atoms with E-state index >= 15 is 0 Å². The van der Waals surface area contributed by atoms with Crippen LogP contribution < -0.4 is 0 Å². The standard InChI is InChI=1S/C13H13FN2O/c1-16-13(6-8-15-16)11-4-2-10(3-5-11)12(14)7-9-17/h2-8,17H,9H2,1H3/b12-7-. The summed E-state index contributed by atoms with van der Waals surface area (Å²) in [7, 11) is 1.86. The summed E-state index contributed by atoms with van der Waals surface area (Å²) in [6, 6.07) is 8.93. The largest absolute Gasteiger partial charge is 0.392 e. The molecule has 17 heavy (non-hydrogen) atoms. The van der Waals surface area contributed by atoms with Crippen LogP contribution in [0.1, 0.15) is 5.56 Å². The lowest BCUT2D eigenvalue weighted by Crippen LogP contribution is -1.93. The maximum absolute atomic E-state index is 13.4. The molecular formula is C13H13FN2O. The third-order valence-electron chi connectivity index (χ3n) is 2.55. The third-order valence-corrected chi connectivity index (χ3v) is 2.55. The first-order valence-electron chi connectivity index (χ1n) is 5.27. The number of aryl methyl sites for hydroxylation is 1. The van der Waals surface area contributed by atoms with Crippen LogP contribution in [0.3, 0.4) is 0 Å². The maximum Gasteiger partial charge on any atom is 0.128 e. The first-order valence-corrected chi connectivity index (χ1v) is 5.27. The lowest BCUT2D eigenvalue weighted by atomic mass is 10.1. The molecule has 0 amide bonds. The molecule has 0 atom stereocenters. The lowest BCUT2D eigenvalue weighted by molar-refractivity contribution is 0.342. The highest BCUT2D eigenvalue weighted by atomic mass is 19.1. The van der Waals surface area contributed by atoms with E-state index in [-0.39, 0.29) is 6.61 Å². The molecule has 0 aliphatic carbocycles. The zero-order valence-electron chi connectivity index (χ0n) is 9.47. The van der Waals surface area contributed by atoms with Crippen molar-refractivity contribution in [3.05, 3.63) is 48.2 Å². The highest BCUT2D eigenvalue weighted by Crippen LogP contribution is 2.22. The Labute approximate surface area is 98.8 Å². The number of rotatable bonds is 3. The number of benzene rings is 1. The second-order valence-electron chi connectivity index (χ2n) is 3.65. The van der Waals surface area contributed by atoms with Crippen LogP contribution in [-0.4, -0.2) is 21.5 Å². The summed E-state index contributed by atoms with van der Waals surface area (Å²) >= 11 is 0. The highest BCUT2D eigenvalue weighted by molar-refractivity contribution is 5.65. The first-order chi connectivity index (χ1) is 8.22. The molecule has 1 aromatic carbocycles. The van der Waals surface area contributed by atoms with Crippen molar-refractivity contribution in [2.45, 2.75) is 0 Å². The second kappa shape index (κ2) is 4.93. The minimum Gasteiger partial charge on any atom is -0.392 e. The number of hydrogen-bond acceptors (Lipinski definition) is 2. The van der Waals surface area contributed by atoms with E-state index in [0.717, 1.165) is 17.3 Å². The summed E-state index contributed by atoms with van der Waals surface area (Å²) in [5, 5.41) is 12.7. The van der Waals surface area contributed by atoms with Crippen molar-refractivity contribution in [3.63, 3.8) is 0 Å². The summed E-state index contributed by atoms with van der Waals surface area (Å²) in [6.07, 6.45) is 2.86. The lowest BCUT2D eigenvalue weighted by Gasteiger charge is -2.03. The zero-order chi connectivity index (χ0) is 12.3. The number of aliphatic hydroxyl groups is 1. The van der Waals surface area contributed by atoms with Crippen LogP contribution >= 0.6 is 0 Å². The second-order valence-corrected chi connectivity index (χ2v) is 3.65. The Kier molecular flexibility index (Phi) is 3.35. The topological polar surface area (TPSA) is 38.0 Å². The van der Waals surface area contributed by atoms with Gasteiger partial charge < -0.3 is 5.11 Å². The van der Waals surface area contributed by atoms with E-state index in [0.29, 0.717) is 5.56 Å². The minimum atomic E-state index is -0.413. The van der Waals surface area contributed by atoms with Crippen LogP contribution in [0.4, 0.5) is 4.39 Å². The molecule has 0 unspecified atom stereocenters. The summed E-state index contributed by atoms with van der Waals surface area (Å²) in [4.78, 5) is 0. The van der Waals surface area contributed by atoms with Crippen molar-refractivity contribution >= 4 is 5.83 Å². The average molecular weight is 232 g/mol. The molecule has 3 nitrogen and oxygen atoms in total. The van der Waals surface area contributed by atoms with Gasteiger partial charge in [0, 0.05) is 18.8 Å². The molecule has 0 aliphatic rings. The van der Waals surface area contributed by atoms with Gasteiger partial charge in [-0.25, -0.2) is 4.39 Å². The van der Waals surface area contributed by atoms with E-state index in [9.17, 15) is 4.39 Å². The van der Waals surface area contributed by atoms with Gasteiger partial charge in [0.15, 0.2) is 0 Å². The number of halogens is 1. The predicted octanol–water partition coefficient (Wildman–Crippen LogP) is 2.39. The zero-order valence-corrected chi connectivity index (χ0v) is 9.47. The summed E-state index contributed by atoms with van der Waals surface area (Å²) in [5.41, 5.74) is 2.42. The van der Waals surface area contributed by atoms with Gasteiger partial charge in [0.05, 0.1) is 12.3 Å². The van der Waals surface area contributed by atoms with Crippen molar-refractivity contribution < 1.29 is 9.50 Å². The number of aromatic nitrogens is 2. The molecule has 4 heteroatoms. The van der Waals surface area contributed by atoms with Gasteiger partial charge in [-0.05, 0) is 17.7 Å². The van der Waals surface area contributed by atoms with Gasteiger partial charge in [-0.3, -0.25) is 4.68 Å². The third kappa shape index (κ3) is 2.42. The van der Waals surface area contributed by atoms with Crippen molar-refractivity contribution in [2.24, 2.45) is 7.05 Å². The van der Waals surface area contributed by atoms with Crippen LogP contribution in [0.2, 0.25) is 0 Å². The fourth-order valence-electron chi connectivity index (χ4n) is 1.66. The number of hydrogen-bond donors (Lipinski definition) is 1. The Balaban J connectivity index is 2.31. The van der Waals surface area contributed by atoms with Crippen molar-refractivity contribution in [1.29, 1.82) is 0 Å². The molecule has 0 bridgehead atoms. The van der Waals surface area contributed by atoms with E-state index in [1.807, 2.05) is 25.2 Å². The van der Waals surface area contributed by atoms with Crippen LogP contribution in [0.5, 0.6) is 0 Å². The van der Waals surface area contributed by atoms with Gasteiger partial charge in [-0.15, -0.1) is 0 Å². The first kappa shape index (κ1) is 11.5. The van der Waals surface area contributed by atoms with Crippen LogP contribution in [-0.2, 0) is 7.05 Å². The molecule has 2 rings (SSSR count). The molecule has 1 aromatic heterocycles. The quantitative estimate of drug-likeness (QED) is 0.882. The van der Waals surface area contributed by atoms with E-state index in [1.54, 1.807) is 23.0 Å². The SMILES string of the molecule is Cn1nccc1-c1ccc(/C(F)=C/CO)cc1. The molecule has 1 N–H and O–H groups in total. The van der Waals surface area contributed by atoms with Crippen molar-refractivity contribution in [3.8, 4) is 11.3 Å². The van der Waals surface area contributed by atoms with E-state index < -0.39 is 5.83 Å². The predicted molar refractivity (Wildman–Crippen MR) is 64.8 cm³/mol. The Morgan fingerprint density at radius 2 is 2.06 bits per heavy atom. The molecule has 0 aliphatic heterocycles. The van der Waals surface area contributed by atoms with E-state index in [4.69, 9.17) is 5.11 Å². The molecule has 2 aromatic rings. The minimum absolute atomic E-state index is 0.296. The fourth-order valence-corrected chi connectivity index (χ4v) is 1.66. The number of nitrogens with zero attached hydrogens (tertiary/aromatic N) is 2. The van der Waals surface area contributed by atoms with Gasteiger partial charge in [0.2, 0.25) is 0 Å². The molecule has 0 saturated heterocycles. The van der Waals surface area contributed by atoms with Crippen LogP contribution in [0.25, 0.3) is 17.1 Å². The monoisotopic (exact) mass is 232 g/mol. The summed E-state index contributed by atoms with van der Waals surface area (Å²) < 4.78 is 15.1. The molecule has 88 valence electrons. The molecule has 0 fully saturated rings. The van der Waals surface area contributed by atoms with Gasteiger partial charge in [0.25, 0.3) is 0 Å². The average Bonchev–Trinajstić information content (AvgIpc) is 2.76. The molecule has 0 spiro atoms. The summed E-state index contributed by atoms with van der Waals surface area (Å²) in [5.74, 6) is -0.413. The normalized spacial score (nSPS) is 11.8. The summed E-state index contributed by atoms with van der Waals surface area (Å²) in [6.45, 7) is -0.296. The maximum atomic E-state index is 13.4. The van der Waals surface area contributed by atoms with Crippen LogP contribution in [0.15, 0.2) is 42.6 Å². The number of aliphatic hydroxyl groups excluding tert-OH is 1. The fraction of sp³-hybridized carbons (Fsp3) is 0.154. The van der Waals surface area contributed by atoms with Gasteiger partial charge >= 0.3 is 0 Å². The Morgan fingerprint density at radius 1 is 1.35 bits per heavy atom. The molecule has 0 saturated carbocycles.